The number of benzene rings is 2. The molecule has 138 valence electrons. The van der Waals surface area contributed by atoms with Gasteiger partial charge in [0.2, 0.25) is 15.7 Å². The molecule has 1 N–H and O–H groups in total. The average Bonchev–Trinajstić information content (AvgIpc) is 2.56. The predicted molar refractivity (Wildman–Crippen MR) is 90.2 cm³/mol. The molecule has 0 heterocycles. The van der Waals surface area contributed by atoms with Gasteiger partial charge in [-0.05, 0) is 54.8 Å². The molecule has 0 atom stereocenters. The van der Waals surface area contributed by atoms with Crippen LogP contribution in [0.3, 0.4) is 0 Å². The molecule has 8 heteroatoms. The molecule has 4 nitrogen and oxygen atoms in total. The third-order valence-electron chi connectivity index (χ3n) is 4.71. The maximum atomic E-state index is 13.1. The molecule has 2 aromatic rings. The number of nitrogens with one attached hydrogen (secondary N) is 1. The van der Waals surface area contributed by atoms with E-state index in [1.807, 2.05) is 0 Å². The van der Waals surface area contributed by atoms with E-state index in [1.54, 1.807) is 12.1 Å². The lowest BCUT2D eigenvalue weighted by Gasteiger charge is -2.40. The molecule has 0 bridgehead atoms. The van der Waals surface area contributed by atoms with Crippen LogP contribution in [0.2, 0.25) is 0 Å². The largest absolute Gasteiger partial charge is 0.341 e. The Hall–Kier alpha value is -2.35. The van der Waals surface area contributed by atoms with Gasteiger partial charge in [-0.1, -0.05) is 18.6 Å². The third kappa shape index (κ3) is 3.21. The minimum atomic E-state index is -4.67. The van der Waals surface area contributed by atoms with Crippen molar-refractivity contribution in [3.05, 3.63) is 59.9 Å². The van der Waals surface area contributed by atoms with Crippen LogP contribution < -0.4 is 5.32 Å². The Morgan fingerprint density at radius 3 is 2.04 bits per heavy atom. The van der Waals surface area contributed by atoms with Crippen LogP contribution in [0.1, 0.15) is 24.8 Å². The van der Waals surface area contributed by atoms with Gasteiger partial charge >= 0.3 is 5.76 Å². The molecule has 1 saturated carbocycles. The Morgan fingerprint density at radius 1 is 1.00 bits per heavy atom. The summed E-state index contributed by atoms with van der Waals surface area (Å²) in [6, 6.07) is 10.3. The predicted octanol–water partition coefficient (Wildman–Crippen LogP) is 3.88. The van der Waals surface area contributed by atoms with Crippen LogP contribution in [0.4, 0.5) is 18.9 Å². The molecule has 0 radical (unpaired) electrons. The van der Waals surface area contributed by atoms with Crippen molar-refractivity contribution in [3.63, 3.8) is 0 Å². The van der Waals surface area contributed by atoms with Gasteiger partial charge in [0.05, 0.1) is 10.3 Å². The summed E-state index contributed by atoms with van der Waals surface area (Å²) >= 11 is 0. The Morgan fingerprint density at radius 2 is 1.58 bits per heavy atom. The van der Waals surface area contributed by atoms with Crippen LogP contribution >= 0.6 is 0 Å². The molecule has 0 aliphatic heterocycles. The van der Waals surface area contributed by atoms with E-state index < -0.39 is 25.9 Å². The molecule has 1 amide bonds. The molecule has 1 fully saturated rings. The summed E-state index contributed by atoms with van der Waals surface area (Å²) in [5, 5.41) is 2.69. The maximum absolute atomic E-state index is 13.1. The number of sulfone groups is 1. The summed E-state index contributed by atoms with van der Waals surface area (Å²) in [7, 11) is -4.67. The number of carbonyl (C=O) groups is 1. The summed E-state index contributed by atoms with van der Waals surface area (Å²) in [5.41, 5.74) is 0.248. The van der Waals surface area contributed by atoms with Crippen molar-refractivity contribution < 1.29 is 26.4 Å². The van der Waals surface area contributed by atoms with E-state index in [0.717, 1.165) is 18.6 Å². The Labute approximate surface area is 149 Å². The van der Waals surface area contributed by atoms with Crippen molar-refractivity contribution >= 4 is 21.4 Å². The van der Waals surface area contributed by atoms with Crippen molar-refractivity contribution in [1.82, 2.24) is 0 Å². The van der Waals surface area contributed by atoms with Gasteiger partial charge < -0.3 is 5.32 Å². The number of halogens is 3. The average molecular weight is 383 g/mol. The normalized spacial score (nSPS) is 16.2. The van der Waals surface area contributed by atoms with Gasteiger partial charge in [0, 0.05) is 5.69 Å². The first-order chi connectivity index (χ1) is 12.3. The van der Waals surface area contributed by atoms with Crippen LogP contribution in [0.15, 0.2) is 53.4 Å². The van der Waals surface area contributed by atoms with Crippen molar-refractivity contribution in [2.75, 3.05) is 5.32 Å². The van der Waals surface area contributed by atoms with E-state index in [9.17, 15) is 26.4 Å². The van der Waals surface area contributed by atoms with Gasteiger partial charge in [-0.3, -0.25) is 4.79 Å². The first kappa shape index (κ1) is 18.4. The fraction of sp³-hybridized carbons (Fsp3) is 0.278. The highest BCUT2D eigenvalue weighted by atomic mass is 32.2. The minimum Gasteiger partial charge on any atom is -0.325 e. The van der Waals surface area contributed by atoms with E-state index in [0.29, 0.717) is 24.1 Å². The van der Waals surface area contributed by atoms with Crippen LogP contribution in [0.5, 0.6) is 0 Å². The summed E-state index contributed by atoms with van der Waals surface area (Å²) < 4.78 is 61.1. The molecule has 3 rings (SSSR count). The summed E-state index contributed by atoms with van der Waals surface area (Å²) in [6.45, 7) is 0. The number of amides is 1. The molecule has 26 heavy (non-hydrogen) atoms. The zero-order valence-electron chi connectivity index (χ0n) is 13.6. The first-order valence-corrected chi connectivity index (χ1v) is 9.50. The quantitative estimate of drug-likeness (QED) is 0.852. The van der Waals surface area contributed by atoms with E-state index in [4.69, 9.17) is 0 Å². The topological polar surface area (TPSA) is 63.2 Å². The van der Waals surface area contributed by atoms with Gasteiger partial charge in [0.1, 0.15) is 5.82 Å². The highest BCUT2D eigenvalue weighted by Crippen LogP contribution is 2.44. The van der Waals surface area contributed by atoms with Gasteiger partial charge in [-0.2, -0.15) is 8.78 Å². The number of hydrogen-bond donors (Lipinski definition) is 1. The Kier molecular flexibility index (Phi) is 4.79. The lowest BCUT2D eigenvalue weighted by atomic mass is 9.64. The van der Waals surface area contributed by atoms with Crippen molar-refractivity contribution in [1.29, 1.82) is 0 Å². The second-order valence-electron chi connectivity index (χ2n) is 6.23. The fourth-order valence-electron chi connectivity index (χ4n) is 3.03. The zero-order chi connectivity index (χ0) is 18.9. The highest BCUT2D eigenvalue weighted by molar-refractivity contribution is 7.91. The summed E-state index contributed by atoms with van der Waals surface area (Å²) in [4.78, 5) is 12.2. The maximum Gasteiger partial charge on any atom is 0.341 e. The number of alkyl halides is 2. The van der Waals surface area contributed by atoms with E-state index in [2.05, 4.69) is 5.32 Å². The monoisotopic (exact) mass is 383 g/mol. The summed E-state index contributed by atoms with van der Waals surface area (Å²) in [6.07, 6.45) is 2.08. The van der Waals surface area contributed by atoms with Gasteiger partial charge in [-0.25, -0.2) is 12.8 Å². The minimum absolute atomic E-state index is 0.292. The lowest BCUT2D eigenvalue weighted by Crippen LogP contribution is -2.46. The summed E-state index contributed by atoms with van der Waals surface area (Å²) in [5.74, 6) is -4.18. The molecule has 0 unspecified atom stereocenters. The second kappa shape index (κ2) is 6.75. The molecule has 0 saturated heterocycles. The van der Waals surface area contributed by atoms with Crippen molar-refractivity contribution in [2.45, 2.75) is 35.3 Å². The van der Waals surface area contributed by atoms with E-state index in [-0.39, 0.29) is 11.7 Å². The molecule has 1 aliphatic rings. The molecule has 0 spiro atoms. The Balaban J connectivity index is 1.80. The van der Waals surface area contributed by atoms with Gasteiger partial charge in [-0.15, -0.1) is 0 Å². The van der Waals surface area contributed by atoms with Gasteiger partial charge in [0.25, 0.3) is 0 Å². The molecule has 0 aromatic heterocycles. The van der Waals surface area contributed by atoms with Gasteiger partial charge in [0.15, 0.2) is 0 Å². The van der Waals surface area contributed by atoms with Crippen molar-refractivity contribution in [3.8, 4) is 0 Å². The van der Waals surface area contributed by atoms with Crippen LogP contribution in [-0.2, 0) is 20.0 Å². The van der Waals surface area contributed by atoms with Crippen LogP contribution in [0, 0.1) is 5.82 Å². The highest BCUT2D eigenvalue weighted by Gasteiger charge is 2.45. The number of anilines is 1. The molecule has 2 aromatic carbocycles. The smallest absolute Gasteiger partial charge is 0.325 e. The zero-order valence-corrected chi connectivity index (χ0v) is 14.4. The third-order valence-corrected chi connectivity index (χ3v) is 6.11. The van der Waals surface area contributed by atoms with Crippen LogP contribution in [0.25, 0.3) is 0 Å². The van der Waals surface area contributed by atoms with Crippen LogP contribution in [-0.4, -0.2) is 20.1 Å². The van der Waals surface area contributed by atoms with E-state index >= 15 is 0 Å². The standard InChI is InChI=1S/C18H16F3NO3S/c19-13-4-2-12(3-5-13)18(10-1-11-18)16(23)22-14-6-8-15(9-7-14)26(24,25)17(20)21/h2-9,17H,1,10-11H2,(H,22,23). The SMILES string of the molecule is O=C(Nc1ccc(S(=O)(=O)C(F)F)cc1)C1(c2ccc(F)cc2)CCC1. The lowest BCUT2D eigenvalue weighted by molar-refractivity contribution is -0.124. The molecule has 1 aliphatic carbocycles. The fourth-order valence-corrected chi connectivity index (χ4v) is 3.75. The molecular formula is C18H16F3NO3S. The number of carbonyl (C=O) groups excluding carboxylic acids is 1. The Bertz CT molecular complexity index is 906. The molecular weight excluding hydrogens is 367 g/mol. The number of hydrogen-bond acceptors (Lipinski definition) is 3. The first-order valence-electron chi connectivity index (χ1n) is 7.95. The number of rotatable bonds is 5. The van der Waals surface area contributed by atoms with E-state index in [1.165, 1.54) is 24.3 Å². The second-order valence-corrected chi connectivity index (χ2v) is 8.14. The van der Waals surface area contributed by atoms with Crippen molar-refractivity contribution in [2.24, 2.45) is 0 Å².